The van der Waals surface area contributed by atoms with Crippen LogP contribution in [0, 0.1) is 11.8 Å². The zero-order valence-corrected chi connectivity index (χ0v) is 17.0. The zero-order valence-electron chi connectivity index (χ0n) is 17.0. The molecule has 2 aliphatic rings. The maximum atomic E-state index is 12.7. The number of carbonyl (C=O) groups excluding carboxylic acids is 2. The molecule has 150 valence electrons. The average Bonchev–Trinajstić information content (AvgIpc) is 2.87. The fourth-order valence-electron chi connectivity index (χ4n) is 3.84. The molecule has 1 saturated heterocycles. The molecule has 1 aliphatic carbocycles. The molecule has 0 spiro atoms. The Morgan fingerprint density at radius 2 is 1.77 bits per heavy atom. The van der Waals surface area contributed by atoms with Gasteiger partial charge in [-0.05, 0) is 38.0 Å². The Kier molecular flexibility index (Phi) is 8.19. The maximum absolute atomic E-state index is 12.7. The molecule has 2 fully saturated rings. The molecule has 1 saturated carbocycles. The molecule has 3 atom stereocenters. The van der Waals surface area contributed by atoms with Crippen LogP contribution < -0.4 is 5.32 Å². The summed E-state index contributed by atoms with van der Waals surface area (Å²) in [6, 6.07) is 0.156. The molecule has 0 aromatic carbocycles. The molecule has 0 aromatic rings. The van der Waals surface area contributed by atoms with Gasteiger partial charge in [0.05, 0.1) is 12.6 Å². The highest BCUT2D eigenvalue weighted by atomic mass is 16.6. The lowest BCUT2D eigenvalue weighted by molar-refractivity contribution is -0.127. The number of amides is 2. The molecule has 0 bridgehead atoms. The molecule has 2 rings (SSSR count). The molecule has 0 aromatic heterocycles. The third kappa shape index (κ3) is 6.15. The summed E-state index contributed by atoms with van der Waals surface area (Å²) in [7, 11) is 0. The number of nitrogens with one attached hydrogen (secondary N) is 1. The van der Waals surface area contributed by atoms with Crippen molar-refractivity contribution in [2.45, 2.75) is 71.9 Å². The molecule has 1 N–H and O–H groups in total. The predicted molar refractivity (Wildman–Crippen MR) is 103 cm³/mol. The summed E-state index contributed by atoms with van der Waals surface area (Å²) in [5.41, 5.74) is 0. The Bertz CT molecular complexity index is 469. The van der Waals surface area contributed by atoms with Crippen LogP contribution in [0.4, 0.5) is 4.79 Å². The van der Waals surface area contributed by atoms with Crippen LogP contribution in [0.5, 0.6) is 0 Å². The van der Waals surface area contributed by atoms with Gasteiger partial charge in [0.1, 0.15) is 0 Å². The fourth-order valence-corrected chi connectivity index (χ4v) is 3.84. The Morgan fingerprint density at radius 3 is 2.46 bits per heavy atom. The Hall–Kier alpha value is -1.30. The van der Waals surface area contributed by atoms with E-state index in [1.165, 1.54) is 19.3 Å². The van der Waals surface area contributed by atoms with Crippen LogP contribution in [-0.4, -0.2) is 66.7 Å². The molecular formula is C20H37N3O3. The number of carbonyl (C=O) groups is 2. The van der Waals surface area contributed by atoms with Crippen LogP contribution in [0.2, 0.25) is 0 Å². The van der Waals surface area contributed by atoms with Crippen LogP contribution >= 0.6 is 0 Å². The van der Waals surface area contributed by atoms with E-state index in [0.29, 0.717) is 44.1 Å². The number of hydrogen-bond acceptors (Lipinski definition) is 4. The van der Waals surface area contributed by atoms with Crippen molar-refractivity contribution < 1.29 is 14.3 Å². The van der Waals surface area contributed by atoms with Gasteiger partial charge in [-0.2, -0.15) is 0 Å². The van der Waals surface area contributed by atoms with Crippen LogP contribution in [-0.2, 0) is 9.53 Å². The highest BCUT2D eigenvalue weighted by Crippen LogP contribution is 2.24. The van der Waals surface area contributed by atoms with E-state index in [1.807, 2.05) is 20.8 Å². The first kappa shape index (κ1) is 21.0. The van der Waals surface area contributed by atoms with Gasteiger partial charge in [-0.1, -0.05) is 33.6 Å². The molecule has 1 heterocycles. The minimum Gasteiger partial charge on any atom is -0.449 e. The zero-order chi connectivity index (χ0) is 19.1. The molecule has 2 amide bonds. The smallest absolute Gasteiger partial charge is 0.409 e. The quantitative estimate of drug-likeness (QED) is 0.812. The number of ether oxygens (including phenoxy) is 1. The molecule has 3 unspecified atom stereocenters. The van der Waals surface area contributed by atoms with Gasteiger partial charge in [0.2, 0.25) is 5.91 Å². The van der Waals surface area contributed by atoms with Crippen LogP contribution in [0.3, 0.4) is 0 Å². The van der Waals surface area contributed by atoms with Gasteiger partial charge < -0.3 is 15.0 Å². The summed E-state index contributed by atoms with van der Waals surface area (Å²) in [6.07, 6.45) is 5.42. The van der Waals surface area contributed by atoms with E-state index in [-0.39, 0.29) is 18.0 Å². The van der Waals surface area contributed by atoms with E-state index in [9.17, 15) is 9.59 Å². The topological polar surface area (TPSA) is 61.9 Å². The third-order valence-corrected chi connectivity index (χ3v) is 5.70. The molecule has 26 heavy (non-hydrogen) atoms. The maximum Gasteiger partial charge on any atom is 0.409 e. The summed E-state index contributed by atoms with van der Waals surface area (Å²) >= 11 is 0. The first-order valence-corrected chi connectivity index (χ1v) is 10.3. The van der Waals surface area contributed by atoms with Crippen molar-refractivity contribution >= 4 is 12.0 Å². The van der Waals surface area contributed by atoms with Gasteiger partial charge >= 0.3 is 6.09 Å². The largest absolute Gasteiger partial charge is 0.449 e. The second-order valence-corrected chi connectivity index (χ2v) is 8.40. The predicted octanol–water partition coefficient (Wildman–Crippen LogP) is 2.87. The number of rotatable bonds is 5. The second kappa shape index (κ2) is 10.1. The SMILES string of the molecule is CC(C)COC(=O)N1CCCN(C(C)C(=O)NC2CCCCC2C)CC1. The Morgan fingerprint density at radius 1 is 1.04 bits per heavy atom. The minimum atomic E-state index is -0.228. The van der Waals surface area contributed by atoms with Gasteiger partial charge in [-0.3, -0.25) is 9.69 Å². The van der Waals surface area contributed by atoms with Gasteiger partial charge in [0.25, 0.3) is 0 Å². The van der Waals surface area contributed by atoms with Crippen molar-refractivity contribution in [3.8, 4) is 0 Å². The average molecular weight is 368 g/mol. The minimum absolute atomic E-state index is 0.125. The van der Waals surface area contributed by atoms with Gasteiger partial charge in [-0.25, -0.2) is 4.79 Å². The first-order chi connectivity index (χ1) is 12.4. The number of nitrogens with zero attached hydrogens (tertiary/aromatic N) is 2. The van der Waals surface area contributed by atoms with Gasteiger partial charge in [-0.15, -0.1) is 0 Å². The Labute approximate surface area is 158 Å². The standard InChI is InChI=1S/C20H37N3O3/c1-15(2)14-26-20(25)23-11-7-10-22(12-13-23)17(4)19(24)21-18-9-6-5-8-16(18)3/h15-18H,5-14H2,1-4H3,(H,21,24). The van der Waals surface area contributed by atoms with Crippen molar-refractivity contribution in [2.24, 2.45) is 11.8 Å². The van der Waals surface area contributed by atoms with Crippen molar-refractivity contribution in [3.63, 3.8) is 0 Å². The fraction of sp³-hybridized carbons (Fsp3) is 0.900. The van der Waals surface area contributed by atoms with Crippen LogP contribution in [0.1, 0.15) is 59.8 Å². The lowest BCUT2D eigenvalue weighted by Gasteiger charge is -2.33. The molecular weight excluding hydrogens is 330 g/mol. The van der Waals surface area contributed by atoms with Crippen molar-refractivity contribution in [1.29, 1.82) is 0 Å². The number of hydrogen-bond donors (Lipinski definition) is 1. The second-order valence-electron chi connectivity index (χ2n) is 8.40. The van der Waals surface area contributed by atoms with Crippen LogP contribution in [0.15, 0.2) is 0 Å². The van der Waals surface area contributed by atoms with Gasteiger partial charge in [0, 0.05) is 32.2 Å². The van der Waals surface area contributed by atoms with Crippen molar-refractivity contribution in [3.05, 3.63) is 0 Å². The molecule has 0 radical (unpaired) electrons. The summed E-state index contributed by atoms with van der Waals surface area (Å²) in [5.74, 6) is 1.03. The summed E-state index contributed by atoms with van der Waals surface area (Å²) < 4.78 is 5.34. The van der Waals surface area contributed by atoms with E-state index in [4.69, 9.17) is 4.74 Å². The molecule has 6 nitrogen and oxygen atoms in total. The lowest BCUT2D eigenvalue weighted by Crippen LogP contribution is -2.51. The van der Waals surface area contributed by atoms with E-state index >= 15 is 0 Å². The van der Waals surface area contributed by atoms with Crippen LogP contribution in [0.25, 0.3) is 0 Å². The first-order valence-electron chi connectivity index (χ1n) is 10.3. The van der Waals surface area contributed by atoms with E-state index in [2.05, 4.69) is 17.1 Å². The summed E-state index contributed by atoms with van der Waals surface area (Å²) in [4.78, 5) is 28.8. The van der Waals surface area contributed by atoms with Crippen molar-refractivity contribution in [2.75, 3.05) is 32.8 Å². The van der Waals surface area contributed by atoms with E-state index in [1.54, 1.807) is 4.90 Å². The summed E-state index contributed by atoms with van der Waals surface area (Å²) in [6.45, 7) is 11.6. The molecule has 6 heteroatoms. The highest BCUT2D eigenvalue weighted by Gasteiger charge is 2.29. The van der Waals surface area contributed by atoms with Gasteiger partial charge in [0.15, 0.2) is 0 Å². The Balaban J connectivity index is 1.81. The monoisotopic (exact) mass is 367 g/mol. The van der Waals surface area contributed by atoms with E-state index < -0.39 is 0 Å². The highest BCUT2D eigenvalue weighted by molar-refractivity contribution is 5.81. The molecule has 1 aliphatic heterocycles. The lowest BCUT2D eigenvalue weighted by atomic mass is 9.86. The summed E-state index contributed by atoms with van der Waals surface area (Å²) in [5, 5.41) is 3.27. The van der Waals surface area contributed by atoms with E-state index in [0.717, 1.165) is 19.4 Å². The van der Waals surface area contributed by atoms with Crippen molar-refractivity contribution in [1.82, 2.24) is 15.1 Å². The third-order valence-electron chi connectivity index (χ3n) is 5.70. The normalized spacial score (nSPS) is 26.3.